The fraction of sp³-hybridized carbons (Fsp3) is 0.308. The number of hydrogen-bond donors (Lipinski definition) is 0. The van der Waals surface area contributed by atoms with Crippen molar-refractivity contribution in [3.05, 3.63) is 77.0 Å². The summed E-state index contributed by atoms with van der Waals surface area (Å²) in [6.45, 7) is 3.92. The summed E-state index contributed by atoms with van der Waals surface area (Å²) in [6, 6.07) is 14.8. The van der Waals surface area contributed by atoms with Crippen molar-refractivity contribution < 1.29 is 14.2 Å². The number of para-hydroxylation sites is 1. The molecule has 1 aliphatic rings. The third-order valence-corrected chi connectivity index (χ3v) is 5.39. The van der Waals surface area contributed by atoms with Crippen LogP contribution < -0.4 is 19.8 Å². The van der Waals surface area contributed by atoms with E-state index < -0.39 is 0 Å². The van der Waals surface area contributed by atoms with Crippen LogP contribution in [0.1, 0.15) is 18.5 Å². The van der Waals surface area contributed by atoms with Gasteiger partial charge in [0.25, 0.3) is 5.56 Å². The van der Waals surface area contributed by atoms with Gasteiger partial charge in [-0.2, -0.15) is 0 Å². The van der Waals surface area contributed by atoms with Crippen molar-refractivity contribution in [2.75, 3.05) is 40.0 Å². The zero-order valence-electron chi connectivity index (χ0n) is 18.7. The first-order chi connectivity index (χ1) is 16.2. The first kappa shape index (κ1) is 22.4. The molecule has 0 amide bonds. The Morgan fingerprint density at radius 2 is 1.85 bits per heavy atom. The van der Waals surface area contributed by atoms with Crippen molar-refractivity contribution in [3.63, 3.8) is 0 Å². The number of likely N-dealkylation sites (tertiary alicyclic amines) is 1. The van der Waals surface area contributed by atoms with E-state index in [9.17, 15) is 4.79 Å². The molecule has 2 aromatic carbocycles. The molecule has 0 radical (unpaired) electrons. The van der Waals surface area contributed by atoms with Crippen LogP contribution in [0.4, 0.5) is 0 Å². The Bertz CT molecular complexity index is 1180. The molecule has 0 aliphatic carbocycles. The summed E-state index contributed by atoms with van der Waals surface area (Å²) in [6.07, 6.45) is 5.67. The maximum atomic E-state index is 12.9. The van der Waals surface area contributed by atoms with E-state index in [-0.39, 0.29) is 17.9 Å². The van der Waals surface area contributed by atoms with E-state index >= 15 is 0 Å². The van der Waals surface area contributed by atoms with Crippen molar-refractivity contribution in [1.82, 2.24) is 14.5 Å². The summed E-state index contributed by atoms with van der Waals surface area (Å²) >= 11 is 0. The fourth-order valence-electron chi connectivity index (χ4n) is 3.67. The van der Waals surface area contributed by atoms with Crippen LogP contribution in [0.3, 0.4) is 0 Å². The summed E-state index contributed by atoms with van der Waals surface area (Å²) < 4.78 is 18.5. The molecular weight excluding hydrogens is 418 g/mol. The number of ether oxygens (including phenoxy) is 3. The third-order valence-electron chi connectivity index (χ3n) is 5.39. The Labute approximate surface area is 193 Å². The Balaban J connectivity index is 1.44. The maximum absolute atomic E-state index is 12.9. The highest BCUT2D eigenvalue weighted by Crippen LogP contribution is 2.29. The van der Waals surface area contributed by atoms with Gasteiger partial charge in [0.15, 0.2) is 17.2 Å². The molecule has 7 heteroatoms. The predicted octanol–water partition coefficient (Wildman–Crippen LogP) is 3.15. The topological polar surface area (TPSA) is 65.8 Å². The monoisotopic (exact) mass is 445 g/mol. The van der Waals surface area contributed by atoms with Crippen molar-refractivity contribution in [2.24, 2.45) is 0 Å². The van der Waals surface area contributed by atoms with Gasteiger partial charge in [-0.05, 0) is 56.1 Å². The quantitative estimate of drug-likeness (QED) is 0.497. The number of nitrogens with zero attached hydrogens (tertiary/aromatic N) is 3. The summed E-state index contributed by atoms with van der Waals surface area (Å²) in [7, 11) is 1.59. The van der Waals surface area contributed by atoms with Crippen molar-refractivity contribution in [2.45, 2.75) is 12.8 Å². The Kier molecular flexibility index (Phi) is 7.62. The van der Waals surface area contributed by atoms with Crippen molar-refractivity contribution in [3.8, 4) is 34.8 Å². The molecule has 4 rings (SSSR count). The predicted molar refractivity (Wildman–Crippen MR) is 126 cm³/mol. The first-order valence-corrected chi connectivity index (χ1v) is 11.0. The van der Waals surface area contributed by atoms with Gasteiger partial charge < -0.3 is 14.2 Å². The van der Waals surface area contributed by atoms with Crippen LogP contribution in [0.15, 0.2) is 65.7 Å². The fourth-order valence-corrected chi connectivity index (χ4v) is 3.67. The normalized spacial score (nSPS) is 13.2. The molecule has 1 aliphatic heterocycles. The highest BCUT2D eigenvalue weighted by atomic mass is 16.5. The minimum Gasteiger partial charge on any atom is -0.493 e. The third kappa shape index (κ3) is 5.93. The van der Waals surface area contributed by atoms with E-state index in [1.807, 2.05) is 42.5 Å². The standard InChI is InChI=1S/C26H27N3O4/c1-31-25-20-21(11-12-24(25)33-19-17-28-14-5-6-15-28)29-16-13-27-23(26(29)30)10-7-18-32-22-8-3-2-4-9-22/h2-4,8-9,11-13,16,20H,5-6,14-15,17-19H2,1H3. The molecule has 0 unspecified atom stereocenters. The van der Waals surface area contributed by atoms with Crippen LogP contribution in [0.25, 0.3) is 5.69 Å². The van der Waals surface area contributed by atoms with E-state index in [4.69, 9.17) is 14.2 Å². The highest BCUT2D eigenvalue weighted by Gasteiger charge is 2.13. The lowest BCUT2D eigenvalue weighted by molar-refractivity contribution is 0.230. The molecule has 33 heavy (non-hydrogen) atoms. The van der Waals surface area contributed by atoms with Gasteiger partial charge in [-0.25, -0.2) is 4.98 Å². The molecule has 3 aromatic rings. The number of hydrogen-bond acceptors (Lipinski definition) is 6. The maximum Gasteiger partial charge on any atom is 0.289 e. The summed E-state index contributed by atoms with van der Waals surface area (Å²) in [4.78, 5) is 19.4. The van der Waals surface area contributed by atoms with Crippen LogP contribution >= 0.6 is 0 Å². The first-order valence-electron chi connectivity index (χ1n) is 11.0. The average Bonchev–Trinajstić information content (AvgIpc) is 3.37. The Morgan fingerprint density at radius 1 is 1.03 bits per heavy atom. The van der Waals surface area contributed by atoms with Crippen molar-refractivity contribution >= 4 is 0 Å². The van der Waals surface area contributed by atoms with E-state index in [2.05, 4.69) is 21.7 Å². The second-order valence-electron chi connectivity index (χ2n) is 7.59. The van der Waals surface area contributed by atoms with Crippen LogP contribution in [-0.4, -0.2) is 54.4 Å². The zero-order chi connectivity index (χ0) is 22.9. The van der Waals surface area contributed by atoms with Crippen molar-refractivity contribution in [1.29, 1.82) is 0 Å². The van der Waals surface area contributed by atoms with Gasteiger partial charge in [0.2, 0.25) is 0 Å². The van der Waals surface area contributed by atoms with Gasteiger partial charge in [-0.1, -0.05) is 24.1 Å². The zero-order valence-corrected chi connectivity index (χ0v) is 18.7. The number of methoxy groups -OCH3 is 1. The van der Waals surface area contributed by atoms with Gasteiger partial charge in [-0.3, -0.25) is 14.3 Å². The van der Waals surface area contributed by atoms with E-state index in [1.54, 1.807) is 25.6 Å². The molecule has 0 atom stereocenters. The molecule has 1 aromatic heterocycles. The van der Waals surface area contributed by atoms with Crippen LogP contribution in [-0.2, 0) is 0 Å². The number of rotatable bonds is 8. The number of benzene rings is 2. The van der Waals surface area contributed by atoms with Gasteiger partial charge in [0.1, 0.15) is 19.0 Å². The molecule has 7 nitrogen and oxygen atoms in total. The molecule has 0 spiro atoms. The molecule has 170 valence electrons. The van der Waals surface area contributed by atoms with E-state index in [0.717, 1.165) is 25.4 Å². The number of aromatic nitrogens is 2. The van der Waals surface area contributed by atoms with Gasteiger partial charge in [0.05, 0.1) is 12.8 Å². The summed E-state index contributed by atoms with van der Waals surface area (Å²) in [5.41, 5.74) is 0.489. The lowest BCUT2D eigenvalue weighted by Gasteiger charge is -2.17. The molecule has 1 saturated heterocycles. The van der Waals surface area contributed by atoms with E-state index in [1.165, 1.54) is 17.4 Å². The summed E-state index contributed by atoms with van der Waals surface area (Å²) in [5, 5.41) is 0. The molecule has 2 heterocycles. The van der Waals surface area contributed by atoms with Gasteiger partial charge in [-0.15, -0.1) is 0 Å². The smallest absolute Gasteiger partial charge is 0.289 e. The van der Waals surface area contributed by atoms with Crippen LogP contribution in [0.2, 0.25) is 0 Å². The van der Waals surface area contributed by atoms with E-state index in [0.29, 0.717) is 23.8 Å². The van der Waals surface area contributed by atoms with Gasteiger partial charge in [0, 0.05) is 25.0 Å². The molecule has 0 bridgehead atoms. The lowest BCUT2D eigenvalue weighted by Crippen LogP contribution is -2.25. The van der Waals surface area contributed by atoms with Crippen LogP contribution in [0, 0.1) is 11.8 Å². The highest BCUT2D eigenvalue weighted by molar-refractivity contribution is 5.49. The Hall–Kier alpha value is -3.76. The molecule has 0 saturated carbocycles. The summed E-state index contributed by atoms with van der Waals surface area (Å²) in [5.74, 6) is 7.61. The Morgan fingerprint density at radius 3 is 2.64 bits per heavy atom. The molecular formula is C26H27N3O4. The largest absolute Gasteiger partial charge is 0.493 e. The lowest BCUT2D eigenvalue weighted by atomic mass is 10.2. The molecule has 1 fully saturated rings. The second kappa shape index (κ2) is 11.2. The average molecular weight is 446 g/mol. The minimum atomic E-state index is -0.311. The van der Waals surface area contributed by atoms with Gasteiger partial charge >= 0.3 is 0 Å². The SMILES string of the molecule is COc1cc(-n2ccnc(C#CCOc3ccccc3)c2=O)ccc1OCCN1CCCC1. The minimum absolute atomic E-state index is 0.152. The van der Waals surface area contributed by atoms with Crippen LogP contribution in [0.5, 0.6) is 17.2 Å². The molecule has 0 N–H and O–H groups in total. The second-order valence-corrected chi connectivity index (χ2v) is 7.59.